The first-order valence-corrected chi connectivity index (χ1v) is 6.20. The van der Waals surface area contributed by atoms with Gasteiger partial charge in [0.25, 0.3) is 0 Å². The minimum absolute atomic E-state index is 0.682. The molecule has 16 heavy (non-hydrogen) atoms. The van der Waals surface area contributed by atoms with Crippen molar-refractivity contribution in [2.45, 2.75) is 32.7 Å². The van der Waals surface area contributed by atoms with E-state index in [-0.39, 0.29) is 0 Å². The van der Waals surface area contributed by atoms with Crippen molar-refractivity contribution in [2.75, 3.05) is 24.5 Å². The molecule has 0 amide bonds. The predicted molar refractivity (Wildman–Crippen MR) is 67.9 cm³/mol. The molecule has 1 aliphatic rings. The van der Waals surface area contributed by atoms with Crippen LogP contribution in [0.1, 0.15) is 25.3 Å². The number of nitrogens with one attached hydrogen (secondary N) is 1. The lowest BCUT2D eigenvalue weighted by Gasteiger charge is -2.23. The SMILES string of the molecule is CCC1CCN(c2cnccc2C)CCN1. The van der Waals surface area contributed by atoms with Crippen LogP contribution in [0.4, 0.5) is 5.69 Å². The zero-order valence-electron chi connectivity index (χ0n) is 10.2. The monoisotopic (exact) mass is 219 g/mol. The van der Waals surface area contributed by atoms with Crippen LogP contribution in [0.25, 0.3) is 0 Å². The summed E-state index contributed by atoms with van der Waals surface area (Å²) in [6.07, 6.45) is 6.30. The minimum atomic E-state index is 0.682. The fourth-order valence-corrected chi connectivity index (χ4v) is 2.31. The number of nitrogens with zero attached hydrogens (tertiary/aromatic N) is 2. The van der Waals surface area contributed by atoms with E-state index in [0.29, 0.717) is 6.04 Å². The van der Waals surface area contributed by atoms with Crippen molar-refractivity contribution in [3.63, 3.8) is 0 Å². The third-order valence-corrected chi connectivity index (χ3v) is 3.41. The van der Waals surface area contributed by atoms with Crippen molar-refractivity contribution >= 4 is 5.69 Å². The van der Waals surface area contributed by atoms with Gasteiger partial charge in [0, 0.05) is 31.9 Å². The van der Waals surface area contributed by atoms with Gasteiger partial charge in [-0.25, -0.2) is 0 Å². The maximum Gasteiger partial charge on any atom is 0.0582 e. The zero-order chi connectivity index (χ0) is 11.4. The molecular formula is C13H21N3. The van der Waals surface area contributed by atoms with E-state index in [0.717, 1.165) is 19.6 Å². The van der Waals surface area contributed by atoms with Crippen LogP contribution in [0.15, 0.2) is 18.5 Å². The van der Waals surface area contributed by atoms with Crippen LogP contribution >= 0.6 is 0 Å². The molecule has 0 radical (unpaired) electrons. The maximum atomic E-state index is 4.23. The summed E-state index contributed by atoms with van der Waals surface area (Å²) in [4.78, 5) is 6.68. The highest BCUT2D eigenvalue weighted by Gasteiger charge is 2.16. The molecule has 88 valence electrons. The quantitative estimate of drug-likeness (QED) is 0.824. The summed E-state index contributed by atoms with van der Waals surface area (Å²) in [6, 6.07) is 2.77. The summed E-state index contributed by atoms with van der Waals surface area (Å²) in [5.41, 5.74) is 2.62. The second-order valence-corrected chi connectivity index (χ2v) is 4.50. The second kappa shape index (κ2) is 5.30. The topological polar surface area (TPSA) is 28.2 Å². The molecule has 0 aliphatic carbocycles. The third kappa shape index (κ3) is 2.53. The molecular weight excluding hydrogens is 198 g/mol. The Hall–Kier alpha value is -1.09. The maximum absolute atomic E-state index is 4.23. The Labute approximate surface area is 97.9 Å². The van der Waals surface area contributed by atoms with Gasteiger partial charge >= 0.3 is 0 Å². The molecule has 1 aromatic rings. The number of hydrogen-bond donors (Lipinski definition) is 1. The molecule has 1 saturated heterocycles. The molecule has 3 heteroatoms. The van der Waals surface area contributed by atoms with E-state index in [1.165, 1.54) is 24.1 Å². The molecule has 0 aromatic carbocycles. The van der Waals surface area contributed by atoms with Crippen LogP contribution < -0.4 is 10.2 Å². The predicted octanol–water partition coefficient (Wildman–Crippen LogP) is 1.97. The molecule has 1 fully saturated rings. The van der Waals surface area contributed by atoms with Gasteiger partial charge in [0.05, 0.1) is 11.9 Å². The summed E-state index contributed by atoms with van der Waals surface area (Å²) >= 11 is 0. The molecule has 0 bridgehead atoms. The molecule has 1 aliphatic heterocycles. The number of hydrogen-bond acceptors (Lipinski definition) is 3. The molecule has 1 N–H and O–H groups in total. The normalized spacial score (nSPS) is 21.9. The minimum Gasteiger partial charge on any atom is -0.369 e. The third-order valence-electron chi connectivity index (χ3n) is 3.41. The van der Waals surface area contributed by atoms with Gasteiger partial charge in [-0.3, -0.25) is 4.98 Å². The molecule has 0 spiro atoms. The zero-order valence-corrected chi connectivity index (χ0v) is 10.2. The first-order chi connectivity index (χ1) is 7.81. The van der Waals surface area contributed by atoms with Crippen LogP contribution in [0.2, 0.25) is 0 Å². The average Bonchev–Trinajstić information content (AvgIpc) is 2.55. The Morgan fingerprint density at radius 2 is 2.38 bits per heavy atom. The molecule has 1 atom stereocenters. The van der Waals surface area contributed by atoms with Crippen LogP contribution in [0, 0.1) is 6.92 Å². The molecule has 2 rings (SSSR count). The van der Waals surface area contributed by atoms with Crippen molar-refractivity contribution in [3.05, 3.63) is 24.0 Å². The first-order valence-electron chi connectivity index (χ1n) is 6.20. The van der Waals surface area contributed by atoms with Crippen LogP contribution in [0.5, 0.6) is 0 Å². The van der Waals surface area contributed by atoms with Gasteiger partial charge in [-0.1, -0.05) is 6.92 Å². The van der Waals surface area contributed by atoms with Gasteiger partial charge in [-0.05, 0) is 31.4 Å². The number of aromatic nitrogens is 1. The van der Waals surface area contributed by atoms with E-state index in [1.54, 1.807) is 0 Å². The van der Waals surface area contributed by atoms with Crippen molar-refractivity contribution in [1.82, 2.24) is 10.3 Å². The lowest BCUT2D eigenvalue weighted by Crippen LogP contribution is -2.30. The Morgan fingerprint density at radius 3 is 3.12 bits per heavy atom. The van der Waals surface area contributed by atoms with Gasteiger partial charge in [0.2, 0.25) is 0 Å². The Bertz CT molecular complexity index is 338. The highest BCUT2D eigenvalue weighted by atomic mass is 15.2. The fourth-order valence-electron chi connectivity index (χ4n) is 2.31. The summed E-state index contributed by atoms with van der Waals surface area (Å²) < 4.78 is 0. The molecule has 0 saturated carbocycles. The summed E-state index contributed by atoms with van der Waals surface area (Å²) in [6.45, 7) is 7.71. The standard InChI is InChI=1S/C13H21N3/c1-3-12-5-8-16(9-7-15-12)13-10-14-6-4-11(13)2/h4,6,10,12,15H,3,5,7-9H2,1-2H3. The van der Waals surface area contributed by atoms with Crippen molar-refractivity contribution in [1.29, 1.82) is 0 Å². The van der Waals surface area contributed by atoms with Crippen LogP contribution in [-0.4, -0.2) is 30.7 Å². The van der Waals surface area contributed by atoms with Crippen molar-refractivity contribution in [2.24, 2.45) is 0 Å². The van der Waals surface area contributed by atoms with Crippen LogP contribution in [0.3, 0.4) is 0 Å². The summed E-state index contributed by atoms with van der Waals surface area (Å²) in [5, 5.41) is 3.59. The van der Waals surface area contributed by atoms with Gasteiger partial charge in [-0.2, -0.15) is 0 Å². The highest BCUT2D eigenvalue weighted by Crippen LogP contribution is 2.19. The van der Waals surface area contributed by atoms with E-state index in [4.69, 9.17) is 0 Å². The Balaban J connectivity index is 2.08. The largest absolute Gasteiger partial charge is 0.369 e. The Morgan fingerprint density at radius 1 is 1.50 bits per heavy atom. The average molecular weight is 219 g/mol. The lowest BCUT2D eigenvalue weighted by molar-refractivity contribution is 0.510. The fraction of sp³-hybridized carbons (Fsp3) is 0.615. The van der Waals surface area contributed by atoms with Crippen molar-refractivity contribution in [3.8, 4) is 0 Å². The van der Waals surface area contributed by atoms with Crippen molar-refractivity contribution < 1.29 is 0 Å². The molecule has 3 nitrogen and oxygen atoms in total. The molecule has 1 aromatic heterocycles. The van der Waals surface area contributed by atoms with E-state index >= 15 is 0 Å². The van der Waals surface area contributed by atoms with Crippen LogP contribution in [-0.2, 0) is 0 Å². The van der Waals surface area contributed by atoms with Gasteiger partial charge in [0.15, 0.2) is 0 Å². The number of pyridine rings is 1. The highest BCUT2D eigenvalue weighted by molar-refractivity contribution is 5.51. The lowest BCUT2D eigenvalue weighted by atomic mass is 10.1. The number of anilines is 1. The van der Waals surface area contributed by atoms with E-state index in [2.05, 4.69) is 35.1 Å². The second-order valence-electron chi connectivity index (χ2n) is 4.50. The van der Waals surface area contributed by atoms with Gasteiger partial charge in [0.1, 0.15) is 0 Å². The molecule has 2 heterocycles. The van der Waals surface area contributed by atoms with E-state index in [1.807, 2.05) is 12.4 Å². The first kappa shape index (κ1) is 11.4. The number of aryl methyl sites for hydroxylation is 1. The Kier molecular flexibility index (Phi) is 3.78. The van der Waals surface area contributed by atoms with E-state index in [9.17, 15) is 0 Å². The summed E-state index contributed by atoms with van der Waals surface area (Å²) in [7, 11) is 0. The summed E-state index contributed by atoms with van der Waals surface area (Å²) in [5.74, 6) is 0. The van der Waals surface area contributed by atoms with Gasteiger partial charge in [-0.15, -0.1) is 0 Å². The van der Waals surface area contributed by atoms with E-state index < -0.39 is 0 Å². The smallest absolute Gasteiger partial charge is 0.0582 e. The number of rotatable bonds is 2. The molecule has 1 unspecified atom stereocenters. The van der Waals surface area contributed by atoms with Gasteiger partial charge < -0.3 is 10.2 Å².